The van der Waals surface area contributed by atoms with Gasteiger partial charge < -0.3 is 15.5 Å². The average molecular weight is 449 g/mol. The Bertz CT molecular complexity index is 946. The molecule has 0 spiro atoms. The fourth-order valence-corrected chi connectivity index (χ4v) is 5.38. The minimum absolute atomic E-state index is 0.0795. The summed E-state index contributed by atoms with van der Waals surface area (Å²) in [4.78, 5) is 30.7. The van der Waals surface area contributed by atoms with E-state index in [9.17, 15) is 28.0 Å². The molecule has 1 aromatic carbocycles. The molecule has 3 saturated heterocycles. The van der Waals surface area contributed by atoms with Crippen LogP contribution in [0.4, 0.5) is 13.2 Å². The lowest BCUT2D eigenvalue weighted by atomic mass is 9.99. The first-order valence-electron chi connectivity index (χ1n) is 10.8. The number of fused-ring (bicyclic) bond motifs is 2. The van der Waals surface area contributed by atoms with Gasteiger partial charge in [0.2, 0.25) is 11.8 Å². The van der Waals surface area contributed by atoms with Crippen LogP contribution < -0.4 is 5.73 Å². The number of amides is 2. The summed E-state index contributed by atoms with van der Waals surface area (Å²) >= 11 is 0. The van der Waals surface area contributed by atoms with Gasteiger partial charge in [0.1, 0.15) is 6.04 Å². The van der Waals surface area contributed by atoms with Crippen LogP contribution >= 0.6 is 0 Å². The minimum Gasteiger partial charge on any atom is -0.330 e. The summed E-state index contributed by atoms with van der Waals surface area (Å²) in [5.41, 5.74) is 5.48. The maximum Gasteiger partial charge on any atom is 0.416 e. The first-order valence-corrected chi connectivity index (χ1v) is 10.8. The van der Waals surface area contributed by atoms with Gasteiger partial charge in [-0.15, -0.1) is 0 Å². The number of rotatable bonds is 5. The second kappa shape index (κ2) is 8.37. The van der Waals surface area contributed by atoms with Crippen LogP contribution in [0.25, 0.3) is 0 Å². The molecule has 0 aromatic heterocycles. The van der Waals surface area contributed by atoms with Gasteiger partial charge in [-0.2, -0.15) is 18.4 Å². The molecule has 0 saturated carbocycles. The molecule has 0 aliphatic carbocycles. The van der Waals surface area contributed by atoms with E-state index in [1.165, 1.54) is 17.0 Å². The second-order valence-corrected chi connectivity index (χ2v) is 8.79. The Morgan fingerprint density at radius 2 is 2.06 bits per heavy atom. The van der Waals surface area contributed by atoms with Crippen LogP contribution in [-0.4, -0.2) is 70.3 Å². The van der Waals surface area contributed by atoms with Crippen molar-refractivity contribution in [2.45, 2.75) is 62.6 Å². The largest absolute Gasteiger partial charge is 0.416 e. The average Bonchev–Trinajstić information content (AvgIpc) is 3.46. The van der Waals surface area contributed by atoms with Crippen LogP contribution in [-0.2, 0) is 15.8 Å². The smallest absolute Gasteiger partial charge is 0.330 e. The van der Waals surface area contributed by atoms with Crippen molar-refractivity contribution in [1.82, 2.24) is 14.7 Å². The van der Waals surface area contributed by atoms with E-state index >= 15 is 0 Å². The highest BCUT2D eigenvalue weighted by atomic mass is 19.4. The predicted octanol–water partition coefficient (Wildman–Crippen LogP) is 1.89. The Morgan fingerprint density at radius 1 is 1.34 bits per heavy atom. The predicted molar refractivity (Wildman–Crippen MR) is 109 cm³/mol. The second-order valence-electron chi connectivity index (χ2n) is 8.79. The maximum atomic E-state index is 13.5. The van der Waals surface area contributed by atoms with E-state index in [1.807, 2.05) is 4.90 Å². The highest BCUT2D eigenvalue weighted by molar-refractivity contribution is 5.87. The molecule has 5 atom stereocenters. The van der Waals surface area contributed by atoms with Gasteiger partial charge in [0.05, 0.1) is 29.8 Å². The molecule has 3 fully saturated rings. The van der Waals surface area contributed by atoms with Crippen LogP contribution in [0.2, 0.25) is 0 Å². The van der Waals surface area contributed by atoms with Crippen molar-refractivity contribution < 1.29 is 22.8 Å². The number of piperazine rings is 1. The Labute approximate surface area is 184 Å². The molecular weight excluding hydrogens is 423 g/mol. The first kappa shape index (κ1) is 22.6. The van der Waals surface area contributed by atoms with Crippen molar-refractivity contribution in [3.8, 4) is 6.07 Å². The fourth-order valence-electron chi connectivity index (χ4n) is 5.38. The van der Waals surface area contributed by atoms with Crippen LogP contribution in [0.1, 0.15) is 43.4 Å². The van der Waals surface area contributed by atoms with Gasteiger partial charge in [0.15, 0.2) is 0 Å². The normalized spacial score (nSPS) is 27.6. The highest BCUT2D eigenvalue weighted by Crippen LogP contribution is 2.41. The molecular formula is C22H26F3N5O2. The fraction of sp³-hybridized carbons (Fsp3) is 0.591. The number of hydrogen-bond donors (Lipinski definition) is 1. The van der Waals surface area contributed by atoms with Crippen molar-refractivity contribution in [3.63, 3.8) is 0 Å². The zero-order valence-electron chi connectivity index (χ0n) is 17.8. The molecule has 2 amide bonds. The van der Waals surface area contributed by atoms with E-state index in [0.717, 1.165) is 12.5 Å². The Balaban J connectivity index is 1.44. The van der Waals surface area contributed by atoms with Gasteiger partial charge in [-0.3, -0.25) is 14.5 Å². The molecule has 1 aromatic rings. The maximum absolute atomic E-state index is 13.5. The quantitative estimate of drug-likeness (QED) is 0.741. The number of halogens is 3. The summed E-state index contributed by atoms with van der Waals surface area (Å²) < 4.78 is 40.4. The van der Waals surface area contributed by atoms with E-state index in [1.54, 1.807) is 17.9 Å². The molecule has 0 unspecified atom stereocenters. The third-order valence-corrected chi connectivity index (χ3v) is 6.88. The third-order valence-electron chi connectivity index (χ3n) is 6.88. The van der Waals surface area contributed by atoms with Crippen molar-refractivity contribution in [3.05, 3.63) is 35.4 Å². The number of benzene rings is 1. The Morgan fingerprint density at radius 3 is 2.72 bits per heavy atom. The van der Waals surface area contributed by atoms with Crippen LogP contribution in [0, 0.1) is 11.3 Å². The van der Waals surface area contributed by atoms with Crippen LogP contribution in [0.5, 0.6) is 0 Å². The SMILES string of the molecule is C[C@@H](c1ccccc1C(F)(F)F)N1C(=O)[C@H]2C[C@H]1CN2C[C@H](N)C(=O)N1CCC[C@H]1C#N. The Hall–Kier alpha value is -2.64. The van der Waals surface area contributed by atoms with E-state index in [-0.39, 0.29) is 30.0 Å². The van der Waals surface area contributed by atoms with Gasteiger partial charge in [-0.05, 0) is 37.8 Å². The molecule has 4 rings (SSSR count). The number of hydrogen-bond acceptors (Lipinski definition) is 5. The molecule has 32 heavy (non-hydrogen) atoms. The summed E-state index contributed by atoms with van der Waals surface area (Å²) in [5, 5.41) is 9.20. The monoisotopic (exact) mass is 449 g/mol. The van der Waals surface area contributed by atoms with Gasteiger partial charge in [-0.25, -0.2) is 0 Å². The molecule has 2 bridgehead atoms. The molecule has 3 aliphatic heterocycles. The zero-order valence-corrected chi connectivity index (χ0v) is 17.8. The van der Waals surface area contributed by atoms with Crippen molar-refractivity contribution in [2.75, 3.05) is 19.6 Å². The Kier molecular flexibility index (Phi) is 5.90. The summed E-state index contributed by atoms with van der Waals surface area (Å²) in [6, 6.07) is 4.70. The number of carbonyl (C=O) groups excluding carboxylic acids is 2. The van der Waals surface area contributed by atoms with Gasteiger partial charge in [0, 0.05) is 25.7 Å². The molecule has 2 N–H and O–H groups in total. The van der Waals surface area contributed by atoms with Crippen LogP contribution in [0.3, 0.4) is 0 Å². The lowest BCUT2D eigenvalue weighted by molar-refractivity contribution is -0.143. The standard InChI is InChI=1S/C22H26F3N5O2/c1-13(16-6-2-3-7-17(16)22(23,24)25)30-15-9-19(21(30)32)28(11-15)12-18(27)20(31)29-8-4-5-14(29)10-26/h2-3,6-7,13-15,18-19H,4-5,8-9,11-12,27H2,1H3/t13-,14-,15-,18-,19+/m0/s1. The third kappa shape index (κ3) is 3.84. The summed E-state index contributed by atoms with van der Waals surface area (Å²) in [7, 11) is 0. The van der Waals surface area contributed by atoms with Gasteiger partial charge in [-0.1, -0.05) is 18.2 Å². The van der Waals surface area contributed by atoms with Crippen molar-refractivity contribution >= 4 is 11.8 Å². The van der Waals surface area contributed by atoms with E-state index in [0.29, 0.717) is 25.9 Å². The topological polar surface area (TPSA) is 93.7 Å². The first-order chi connectivity index (χ1) is 15.1. The number of nitrogens with zero attached hydrogens (tertiary/aromatic N) is 4. The molecule has 3 heterocycles. The highest BCUT2D eigenvalue weighted by Gasteiger charge is 2.52. The minimum atomic E-state index is -4.50. The lowest BCUT2D eigenvalue weighted by Crippen LogP contribution is -2.56. The van der Waals surface area contributed by atoms with Crippen LogP contribution in [0.15, 0.2) is 24.3 Å². The summed E-state index contributed by atoms with van der Waals surface area (Å²) in [6.45, 7) is 2.76. The van der Waals surface area contributed by atoms with Gasteiger partial charge in [0.25, 0.3) is 0 Å². The number of likely N-dealkylation sites (tertiary alicyclic amines) is 3. The number of nitrogens with two attached hydrogens (primary N) is 1. The molecule has 0 radical (unpaired) electrons. The lowest BCUT2D eigenvalue weighted by Gasteiger charge is -2.39. The number of carbonyl (C=O) groups is 2. The van der Waals surface area contributed by atoms with E-state index in [2.05, 4.69) is 6.07 Å². The molecule has 10 heteroatoms. The zero-order chi connectivity index (χ0) is 23.2. The van der Waals surface area contributed by atoms with Crippen molar-refractivity contribution in [1.29, 1.82) is 5.26 Å². The number of alkyl halides is 3. The molecule has 3 aliphatic rings. The summed E-state index contributed by atoms with van der Waals surface area (Å²) in [6.07, 6.45) is -2.60. The van der Waals surface area contributed by atoms with E-state index < -0.39 is 35.9 Å². The molecule has 172 valence electrons. The van der Waals surface area contributed by atoms with Crippen molar-refractivity contribution in [2.24, 2.45) is 5.73 Å². The number of nitriles is 1. The van der Waals surface area contributed by atoms with Gasteiger partial charge >= 0.3 is 6.18 Å². The molecule has 7 nitrogen and oxygen atoms in total. The summed E-state index contributed by atoms with van der Waals surface area (Å²) in [5.74, 6) is -0.532. The van der Waals surface area contributed by atoms with E-state index in [4.69, 9.17) is 5.73 Å².